The van der Waals surface area contributed by atoms with Crippen molar-refractivity contribution >= 4 is 28.4 Å². The van der Waals surface area contributed by atoms with Gasteiger partial charge in [0.1, 0.15) is 0 Å². The van der Waals surface area contributed by atoms with E-state index in [1.54, 1.807) is 28.8 Å². The van der Waals surface area contributed by atoms with Crippen molar-refractivity contribution in [3.63, 3.8) is 0 Å². The first-order valence-corrected chi connectivity index (χ1v) is 10.6. The van der Waals surface area contributed by atoms with Crippen molar-refractivity contribution in [2.24, 2.45) is 5.92 Å². The summed E-state index contributed by atoms with van der Waals surface area (Å²) in [6.45, 7) is 4.99. The number of para-hydroxylation sites is 1. The van der Waals surface area contributed by atoms with Gasteiger partial charge >= 0.3 is 0 Å². The number of nitrogens with zero attached hydrogens (tertiary/aromatic N) is 2. The largest absolute Gasteiger partial charge is 0.454 e. The van der Waals surface area contributed by atoms with Gasteiger partial charge in [-0.1, -0.05) is 37.7 Å². The van der Waals surface area contributed by atoms with Crippen LogP contribution < -0.4 is 15.0 Å². The van der Waals surface area contributed by atoms with E-state index < -0.39 is 0 Å². The molecule has 6 nitrogen and oxygen atoms in total. The highest BCUT2D eigenvalue weighted by molar-refractivity contribution is 7.99. The lowest BCUT2D eigenvalue weighted by Crippen LogP contribution is -2.24. The van der Waals surface area contributed by atoms with E-state index in [1.807, 2.05) is 18.2 Å². The second kappa shape index (κ2) is 8.29. The van der Waals surface area contributed by atoms with E-state index in [9.17, 15) is 9.59 Å². The zero-order valence-electron chi connectivity index (χ0n) is 16.4. The van der Waals surface area contributed by atoms with Crippen LogP contribution >= 0.6 is 11.8 Å². The molecule has 0 fully saturated rings. The Bertz CT molecular complexity index is 1120. The molecule has 0 unspecified atom stereocenters. The molecule has 0 spiro atoms. The minimum atomic E-state index is -0.0609. The monoisotopic (exact) mass is 410 g/mol. The molecule has 0 saturated heterocycles. The van der Waals surface area contributed by atoms with Crippen molar-refractivity contribution < 1.29 is 14.3 Å². The zero-order valence-corrected chi connectivity index (χ0v) is 17.2. The molecule has 2 heterocycles. The lowest BCUT2D eigenvalue weighted by atomic mass is 10.1. The Labute approximate surface area is 172 Å². The van der Waals surface area contributed by atoms with Crippen LogP contribution in [0.25, 0.3) is 10.9 Å². The quantitative estimate of drug-likeness (QED) is 0.331. The summed E-state index contributed by atoms with van der Waals surface area (Å²) in [5, 5.41) is 1.17. The average molecular weight is 410 g/mol. The molecule has 2 aromatic carbocycles. The first kappa shape index (κ1) is 19.5. The molecule has 0 amide bonds. The third-order valence-corrected chi connectivity index (χ3v) is 5.76. The number of benzene rings is 2. The van der Waals surface area contributed by atoms with Gasteiger partial charge in [0.15, 0.2) is 22.4 Å². The molecular formula is C22H22N2O4S. The summed E-state index contributed by atoms with van der Waals surface area (Å²) in [4.78, 5) is 30.4. The summed E-state index contributed by atoms with van der Waals surface area (Å²) in [6, 6.07) is 12.5. The minimum Gasteiger partial charge on any atom is -0.454 e. The second-order valence-corrected chi connectivity index (χ2v) is 8.27. The SMILES string of the molecule is CC(C)CCn1c(SCC(=O)c2ccc3c(c2)OCO3)nc2ccccc2c1=O. The molecule has 0 saturated carbocycles. The van der Waals surface area contributed by atoms with Crippen LogP contribution in [-0.2, 0) is 6.54 Å². The topological polar surface area (TPSA) is 70.4 Å². The van der Waals surface area contributed by atoms with Gasteiger partial charge in [-0.2, -0.15) is 0 Å². The predicted molar refractivity (Wildman–Crippen MR) is 113 cm³/mol. The van der Waals surface area contributed by atoms with E-state index in [-0.39, 0.29) is 23.9 Å². The number of Topliss-reactive ketones (excluding diaryl/α,β-unsaturated/α-hetero) is 1. The lowest BCUT2D eigenvalue weighted by Gasteiger charge is -2.14. The average Bonchev–Trinajstić information content (AvgIpc) is 3.19. The summed E-state index contributed by atoms with van der Waals surface area (Å²) in [5.41, 5.74) is 1.14. The Morgan fingerprint density at radius 1 is 1.17 bits per heavy atom. The van der Waals surface area contributed by atoms with E-state index in [0.29, 0.717) is 45.6 Å². The van der Waals surface area contributed by atoms with E-state index in [0.717, 1.165) is 6.42 Å². The Kier molecular flexibility index (Phi) is 5.58. The van der Waals surface area contributed by atoms with Gasteiger partial charge < -0.3 is 9.47 Å². The standard InChI is InChI=1S/C22H22N2O4S/c1-14(2)9-10-24-21(26)16-5-3-4-6-17(16)23-22(24)29-12-18(25)15-7-8-19-20(11-15)28-13-27-19/h3-8,11,14H,9-10,12-13H2,1-2H3. The smallest absolute Gasteiger partial charge is 0.262 e. The molecule has 150 valence electrons. The Hall–Kier alpha value is -2.80. The normalized spacial score (nSPS) is 12.7. The first-order chi connectivity index (χ1) is 14.0. The number of aromatic nitrogens is 2. The molecule has 29 heavy (non-hydrogen) atoms. The maximum Gasteiger partial charge on any atom is 0.262 e. The minimum absolute atomic E-state index is 0.0499. The van der Waals surface area contributed by atoms with Crippen LogP contribution in [-0.4, -0.2) is 27.9 Å². The molecule has 0 atom stereocenters. The number of fused-ring (bicyclic) bond motifs is 2. The van der Waals surface area contributed by atoms with Crippen LogP contribution in [0.15, 0.2) is 52.4 Å². The summed E-state index contributed by atoms with van der Waals surface area (Å²) in [5.74, 6) is 1.82. The van der Waals surface area contributed by atoms with Gasteiger partial charge in [0.05, 0.1) is 16.7 Å². The highest BCUT2D eigenvalue weighted by atomic mass is 32.2. The summed E-state index contributed by atoms with van der Waals surface area (Å²) >= 11 is 1.29. The molecule has 0 bridgehead atoms. The van der Waals surface area contributed by atoms with E-state index in [1.165, 1.54) is 11.8 Å². The predicted octanol–water partition coefficient (Wildman–Crippen LogP) is 4.15. The van der Waals surface area contributed by atoms with Crippen molar-refractivity contribution in [1.29, 1.82) is 0 Å². The van der Waals surface area contributed by atoms with Gasteiger partial charge in [0.2, 0.25) is 6.79 Å². The number of ether oxygens (including phenoxy) is 2. The van der Waals surface area contributed by atoms with E-state index in [4.69, 9.17) is 9.47 Å². The number of carbonyl (C=O) groups excluding carboxylic acids is 1. The summed E-state index contributed by atoms with van der Waals surface area (Å²) in [6.07, 6.45) is 0.865. The number of rotatable bonds is 7. The number of carbonyl (C=O) groups is 1. The van der Waals surface area contributed by atoms with Gasteiger partial charge in [-0.25, -0.2) is 4.98 Å². The van der Waals surface area contributed by atoms with Crippen molar-refractivity contribution in [3.8, 4) is 11.5 Å². The Morgan fingerprint density at radius 2 is 1.97 bits per heavy atom. The fraction of sp³-hybridized carbons (Fsp3) is 0.318. The number of thioether (sulfide) groups is 1. The molecule has 0 N–H and O–H groups in total. The first-order valence-electron chi connectivity index (χ1n) is 9.58. The zero-order chi connectivity index (χ0) is 20.4. The van der Waals surface area contributed by atoms with Crippen LogP contribution in [0, 0.1) is 5.92 Å². The fourth-order valence-electron chi connectivity index (χ4n) is 3.13. The number of ketones is 1. The van der Waals surface area contributed by atoms with Crippen molar-refractivity contribution in [2.75, 3.05) is 12.5 Å². The molecule has 1 aliphatic rings. The van der Waals surface area contributed by atoms with E-state index >= 15 is 0 Å². The van der Waals surface area contributed by atoms with Crippen LogP contribution in [0.1, 0.15) is 30.6 Å². The molecule has 0 aliphatic carbocycles. The molecular weight excluding hydrogens is 388 g/mol. The van der Waals surface area contributed by atoms with Gasteiger partial charge in [-0.3, -0.25) is 14.2 Å². The van der Waals surface area contributed by atoms with Crippen molar-refractivity contribution in [1.82, 2.24) is 9.55 Å². The molecule has 7 heteroatoms. The molecule has 4 rings (SSSR count). The van der Waals surface area contributed by atoms with Gasteiger partial charge in [0.25, 0.3) is 5.56 Å². The maximum absolute atomic E-state index is 13.0. The van der Waals surface area contributed by atoms with Gasteiger partial charge in [-0.05, 0) is 42.7 Å². The fourth-order valence-corrected chi connectivity index (χ4v) is 4.05. The second-order valence-electron chi connectivity index (χ2n) is 7.33. The lowest BCUT2D eigenvalue weighted by molar-refractivity contribution is 0.102. The van der Waals surface area contributed by atoms with Crippen molar-refractivity contribution in [2.45, 2.75) is 32.0 Å². The molecule has 1 aliphatic heterocycles. The van der Waals surface area contributed by atoms with Crippen LogP contribution in [0.5, 0.6) is 11.5 Å². The maximum atomic E-state index is 13.0. The van der Waals surface area contributed by atoms with Crippen LogP contribution in [0.4, 0.5) is 0 Å². The molecule has 3 aromatic rings. The summed E-state index contributed by atoms with van der Waals surface area (Å²) < 4.78 is 12.3. The van der Waals surface area contributed by atoms with Crippen LogP contribution in [0.2, 0.25) is 0 Å². The van der Waals surface area contributed by atoms with Gasteiger partial charge in [-0.15, -0.1) is 0 Å². The highest BCUT2D eigenvalue weighted by Gasteiger charge is 2.18. The number of hydrogen-bond donors (Lipinski definition) is 0. The van der Waals surface area contributed by atoms with Crippen LogP contribution in [0.3, 0.4) is 0 Å². The molecule has 0 radical (unpaired) electrons. The highest BCUT2D eigenvalue weighted by Crippen LogP contribution is 2.33. The Morgan fingerprint density at radius 3 is 2.79 bits per heavy atom. The third kappa shape index (κ3) is 4.15. The third-order valence-electron chi connectivity index (χ3n) is 4.78. The summed E-state index contributed by atoms with van der Waals surface area (Å²) in [7, 11) is 0. The van der Waals surface area contributed by atoms with Gasteiger partial charge in [0, 0.05) is 12.1 Å². The van der Waals surface area contributed by atoms with Crippen molar-refractivity contribution in [3.05, 3.63) is 58.4 Å². The Balaban J connectivity index is 1.60. The molecule has 1 aromatic heterocycles. The van der Waals surface area contributed by atoms with E-state index in [2.05, 4.69) is 18.8 Å². The number of hydrogen-bond acceptors (Lipinski definition) is 6.